The van der Waals surface area contributed by atoms with E-state index in [0.717, 1.165) is 11.3 Å². The van der Waals surface area contributed by atoms with Crippen molar-refractivity contribution in [1.29, 1.82) is 0 Å². The Morgan fingerprint density at radius 1 is 1.00 bits per heavy atom. The van der Waals surface area contributed by atoms with Crippen molar-refractivity contribution in [3.63, 3.8) is 0 Å². The molecule has 0 aliphatic carbocycles. The van der Waals surface area contributed by atoms with E-state index in [0.29, 0.717) is 67.7 Å². The highest BCUT2D eigenvalue weighted by Crippen LogP contribution is 2.28. The zero-order valence-corrected chi connectivity index (χ0v) is 23.7. The van der Waals surface area contributed by atoms with Gasteiger partial charge >= 0.3 is 0 Å². The van der Waals surface area contributed by atoms with Gasteiger partial charge in [-0.2, -0.15) is 5.10 Å². The molecule has 0 atom stereocenters. The molecule has 2 amide bonds. The number of rotatable bonds is 8. The number of pyridine rings is 1. The number of hydrogen-bond donors (Lipinski definition) is 1. The van der Waals surface area contributed by atoms with E-state index < -0.39 is 0 Å². The van der Waals surface area contributed by atoms with Crippen LogP contribution in [0.3, 0.4) is 0 Å². The van der Waals surface area contributed by atoms with E-state index in [1.54, 1.807) is 37.2 Å². The second-order valence-electron chi connectivity index (χ2n) is 10.6. The number of aromatic nitrogens is 3. The SMILES string of the molecule is COc1ccc(CCNC(=O)c2cccnc2N2CCN(C(=O)c3cc(C)nn3C(C)(C)C)CC2)cc1OC. The summed E-state index contributed by atoms with van der Waals surface area (Å²) in [6.45, 7) is 10.7. The number of carbonyl (C=O) groups excluding carboxylic acids is 2. The summed E-state index contributed by atoms with van der Waals surface area (Å²) in [6.07, 6.45) is 2.34. The number of carbonyl (C=O) groups is 2. The molecule has 10 heteroatoms. The lowest BCUT2D eigenvalue weighted by Gasteiger charge is -2.36. The number of ether oxygens (including phenoxy) is 2. The summed E-state index contributed by atoms with van der Waals surface area (Å²) in [5.41, 5.74) is 2.67. The number of piperazine rings is 1. The van der Waals surface area contributed by atoms with Crippen molar-refractivity contribution in [3.8, 4) is 11.5 Å². The van der Waals surface area contributed by atoms with Gasteiger partial charge in [0.25, 0.3) is 11.8 Å². The van der Waals surface area contributed by atoms with Gasteiger partial charge in [0.15, 0.2) is 11.5 Å². The molecule has 1 aliphatic rings. The van der Waals surface area contributed by atoms with E-state index in [2.05, 4.69) is 20.3 Å². The van der Waals surface area contributed by atoms with E-state index in [-0.39, 0.29) is 17.4 Å². The van der Waals surface area contributed by atoms with Crippen molar-refractivity contribution < 1.29 is 19.1 Å². The monoisotopic (exact) mass is 534 g/mol. The van der Waals surface area contributed by atoms with Gasteiger partial charge in [-0.05, 0) is 70.0 Å². The smallest absolute Gasteiger partial charge is 0.272 e. The summed E-state index contributed by atoms with van der Waals surface area (Å²) in [6, 6.07) is 11.1. The quantitative estimate of drug-likeness (QED) is 0.473. The second-order valence-corrected chi connectivity index (χ2v) is 10.6. The van der Waals surface area contributed by atoms with Gasteiger partial charge in [0, 0.05) is 38.9 Å². The number of hydrogen-bond acceptors (Lipinski definition) is 7. The predicted molar refractivity (Wildman–Crippen MR) is 150 cm³/mol. The van der Waals surface area contributed by atoms with E-state index in [1.807, 2.05) is 56.9 Å². The molecule has 1 saturated heterocycles. The fourth-order valence-corrected chi connectivity index (χ4v) is 4.72. The summed E-state index contributed by atoms with van der Waals surface area (Å²) in [4.78, 5) is 34.9. The second kappa shape index (κ2) is 11.8. The van der Waals surface area contributed by atoms with Crippen LogP contribution in [-0.2, 0) is 12.0 Å². The van der Waals surface area contributed by atoms with Crippen molar-refractivity contribution >= 4 is 17.6 Å². The number of anilines is 1. The summed E-state index contributed by atoms with van der Waals surface area (Å²) < 4.78 is 12.5. The first-order chi connectivity index (χ1) is 18.6. The van der Waals surface area contributed by atoms with Crippen LogP contribution in [0.25, 0.3) is 0 Å². The maximum atomic E-state index is 13.4. The van der Waals surface area contributed by atoms with Crippen LogP contribution >= 0.6 is 0 Å². The minimum atomic E-state index is -0.295. The van der Waals surface area contributed by atoms with Crippen LogP contribution in [0, 0.1) is 6.92 Å². The van der Waals surface area contributed by atoms with Crippen molar-refractivity contribution in [2.75, 3.05) is 51.8 Å². The topological polar surface area (TPSA) is 102 Å². The number of nitrogens with zero attached hydrogens (tertiary/aromatic N) is 5. The van der Waals surface area contributed by atoms with Gasteiger partial charge < -0.3 is 24.6 Å². The Labute approximate surface area is 229 Å². The normalized spacial score (nSPS) is 13.8. The summed E-state index contributed by atoms with van der Waals surface area (Å²) in [5.74, 6) is 1.75. The molecule has 4 rings (SSSR count). The highest BCUT2D eigenvalue weighted by Gasteiger charge is 2.29. The van der Waals surface area contributed by atoms with Crippen LogP contribution in [0.15, 0.2) is 42.6 Å². The largest absolute Gasteiger partial charge is 0.493 e. The van der Waals surface area contributed by atoms with Crippen molar-refractivity contribution in [2.45, 2.75) is 39.7 Å². The molecule has 2 aromatic heterocycles. The zero-order chi connectivity index (χ0) is 28.2. The average Bonchev–Trinajstić information content (AvgIpc) is 3.35. The van der Waals surface area contributed by atoms with Crippen LogP contribution in [0.5, 0.6) is 11.5 Å². The third-order valence-corrected chi connectivity index (χ3v) is 6.73. The predicted octanol–water partition coefficient (Wildman–Crippen LogP) is 3.29. The summed E-state index contributed by atoms with van der Waals surface area (Å²) in [7, 11) is 3.20. The van der Waals surface area contributed by atoms with Crippen molar-refractivity contribution in [2.24, 2.45) is 0 Å². The molecule has 10 nitrogen and oxygen atoms in total. The van der Waals surface area contributed by atoms with Crippen LogP contribution in [-0.4, -0.2) is 78.4 Å². The van der Waals surface area contributed by atoms with Gasteiger partial charge in [-0.1, -0.05) is 6.07 Å². The fourth-order valence-electron chi connectivity index (χ4n) is 4.72. The Balaban J connectivity index is 1.38. The van der Waals surface area contributed by atoms with Crippen LogP contribution < -0.4 is 19.7 Å². The van der Waals surface area contributed by atoms with Gasteiger partial charge in [-0.15, -0.1) is 0 Å². The van der Waals surface area contributed by atoms with E-state index in [4.69, 9.17) is 9.47 Å². The molecule has 208 valence electrons. The first-order valence-electron chi connectivity index (χ1n) is 13.2. The third kappa shape index (κ3) is 6.32. The fraction of sp³-hybridized carbons (Fsp3) is 0.448. The lowest BCUT2D eigenvalue weighted by atomic mass is 10.1. The number of amides is 2. The molecule has 1 N–H and O–H groups in total. The Morgan fingerprint density at radius 2 is 1.72 bits per heavy atom. The molecule has 39 heavy (non-hydrogen) atoms. The molecule has 0 saturated carbocycles. The molecule has 0 spiro atoms. The highest BCUT2D eigenvalue weighted by atomic mass is 16.5. The maximum Gasteiger partial charge on any atom is 0.272 e. The number of aryl methyl sites for hydroxylation is 1. The first kappa shape index (κ1) is 27.9. The molecular formula is C29H38N6O4. The van der Waals surface area contributed by atoms with Crippen molar-refractivity contribution in [1.82, 2.24) is 25.0 Å². The molecule has 1 fully saturated rings. The molecular weight excluding hydrogens is 496 g/mol. The Bertz CT molecular complexity index is 1320. The number of nitrogens with one attached hydrogen (secondary N) is 1. The van der Waals surface area contributed by atoms with E-state index in [1.165, 1.54) is 0 Å². The maximum absolute atomic E-state index is 13.4. The molecule has 0 bridgehead atoms. The molecule has 3 heterocycles. The Hall–Kier alpha value is -4.08. The van der Waals surface area contributed by atoms with E-state index in [9.17, 15) is 9.59 Å². The molecule has 1 aliphatic heterocycles. The summed E-state index contributed by atoms with van der Waals surface area (Å²) >= 11 is 0. The van der Waals surface area contributed by atoms with Gasteiger partial charge in [0.2, 0.25) is 0 Å². The van der Waals surface area contributed by atoms with Crippen LogP contribution in [0.2, 0.25) is 0 Å². The van der Waals surface area contributed by atoms with Crippen LogP contribution in [0.4, 0.5) is 5.82 Å². The minimum Gasteiger partial charge on any atom is -0.493 e. The first-order valence-corrected chi connectivity index (χ1v) is 13.2. The molecule has 3 aromatic rings. The van der Waals surface area contributed by atoms with Crippen LogP contribution in [0.1, 0.15) is 52.9 Å². The Morgan fingerprint density at radius 3 is 2.38 bits per heavy atom. The lowest BCUT2D eigenvalue weighted by molar-refractivity contribution is 0.0725. The standard InChI is InChI=1S/C29H38N6O4/c1-20-18-23(35(32-20)29(2,3)4)28(37)34-16-14-33(15-17-34)26-22(8-7-12-30-26)27(36)31-13-11-21-9-10-24(38-5)25(19-21)39-6/h7-10,12,18-19H,11,13-17H2,1-6H3,(H,31,36). The summed E-state index contributed by atoms with van der Waals surface area (Å²) in [5, 5.41) is 7.56. The minimum absolute atomic E-state index is 0.0284. The number of benzene rings is 1. The van der Waals surface area contributed by atoms with Gasteiger partial charge in [-0.25, -0.2) is 4.98 Å². The number of methoxy groups -OCH3 is 2. The zero-order valence-electron chi connectivity index (χ0n) is 23.7. The van der Waals surface area contributed by atoms with Gasteiger partial charge in [0.05, 0.1) is 31.0 Å². The van der Waals surface area contributed by atoms with Gasteiger partial charge in [-0.3, -0.25) is 14.3 Å². The Kier molecular flexibility index (Phi) is 8.42. The van der Waals surface area contributed by atoms with Crippen molar-refractivity contribution in [3.05, 3.63) is 65.1 Å². The third-order valence-electron chi connectivity index (χ3n) is 6.73. The molecule has 0 unspecified atom stereocenters. The molecule has 0 radical (unpaired) electrons. The van der Waals surface area contributed by atoms with Gasteiger partial charge in [0.1, 0.15) is 11.5 Å². The molecule has 1 aromatic carbocycles. The lowest BCUT2D eigenvalue weighted by Crippen LogP contribution is -2.50. The average molecular weight is 535 g/mol. The highest BCUT2D eigenvalue weighted by molar-refractivity contribution is 5.99. The van der Waals surface area contributed by atoms with E-state index >= 15 is 0 Å².